The molecule has 5 heteroatoms. The van der Waals surface area contributed by atoms with E-state index in [9.17, 15) is 9.90 Å². The highest BCUT2D eigenvalue weighted by atomic mass is 16.3. The zero-order valence-corrected chi connectivity index (χ0v) is 11.7. The maximum Gasteiger partial charge on any atom is 0.272 e. The Morgan fingerprint density at radius 3 is 2.85 bits per heavy atom. The van der Waals surface area contributed by atoms with Crippen molar-refractivity contribution in [3.63, 3.8) is 0 Å². The summed E-state index contributed by atoms with van der Waals surface area (Å²) >= 11 is 0. The van der Waals surface area contributed by atoms with Crippen molar-refractivity contribution in [2.75, 3.05) is 19.3 Å². The van der Waals surface area contributed by atoms with Gasteiger partial charge in [0, 0.05) is 19.0 Å². The summed E-state index contributed by atoms with van der Waals surface area (Å²) < 4.78 is 0. The Kier molecular flexibility index (Phi) is 4.20. The van der Waals surface area contributed by atoms with E-state index in [1.807, 2.05) is 24.3 Å². The minimum Gasteiger partial charge on any atom is -0.393 e. The van der Waals surface area contributed by atoms with E-state index in [-0.39, 0.29) is 5.91 Å². The number of anilines is 1. The third-order valence-electron chi connectivity index (χ3n) is 3.22. The van der Waals surface area contributed by atoms with Gasteiger partial charge in [0.05, 0.1) is 6.10 Å². The lowest BCUT2D eigenvalue weighted by atomic mass is 10.1. The summed E-state index contributed by atoms with van der Waals surface area (Å²) in [5.41, 5.74) is 6.22. The van der Waals surface area contributed by atoms with Gasteiger partial charge in [-0.15, -0.1) is 0 Å². The Labute approximate surface area is 118 Å². The van der Waals surface area contributed by atoms with E-state index in [4.69, 9.17) is 5.73 Å². The molecule has 0 aliphatic rings. The van der Waals surface area contributed by atoms with Crippen molar-refractivity contribution in [3.8, 4) is 0 Å². The molecule has 1 unspecified atom stereocenters. The fourth-order valence-corrected chi connectivity index (χ4v) is 2.01. The smallest absolute Gasteiger partial charge is 0.272 e. The van der Waals surface area contributed by atoms with E-state index >= 15 is 0 Å². The van der Waals surface area contributed by atoms with Crippen LogP contribution in [0.25, 0.3) is 10.8 Å². The molecule has 1 heterocycles. The fraction of sp³-hybridized carbons (Fsp3) is 0.333. The van der Waals surface area contributed by atoms with Gasteiger partial charge < -0.3 is 15.7 Å². The first kappa shape index (κ1) is 14.3. The average molecular weight is 273 g/mol. The first-order valence-corrected chi connectivity index (χ1v) is 6.58. The van der Waals surface area contributed by atoms with E-state index in [2.05, 4.69) is 4.98 Å². The van der Waals surface area contributed by atoms with Gasteiger partial charge in [-0.2, -0.15) is 0 Å². The molecule has 20 heavy (non-hydrogen) atoms. The second-order valence-corrected chi connectivity index (χ2v) is 4.98. The molecule has 2 rings (SSSR count). The van der Waals surface area contributed by atoms with Crippen LogP contribution in [0.1, 0.15) is 23.8 Å². The lowest BCUT2D eigenvalue weighted by molar-refractivity contribution is 0.0763. The summed E-state index contributed by atoms with van der Waals surface area (Å²) in [7, 11) is 1.69. The van der Waals surface area contributed by atoms with Crippen molar-refractivity contribution in [2.24, 2.45) is 0 Å². The van der Waals surface area contributed by atoms with Crippen LogP contribution < -0.4 is 5.73 Å². The van der Waals surface area contributed by atoms with E-state index in [0.717, 1.165) is 10.8 Å². The van der Waals surface area contributed by atoms with Crippen LogP contribution in [0.15, 0.2) is 30.3 Å². The molecule has 0 spiro atoms. The molecular weight excluding hydrogens is 254 g/mol. The highest BCUT2D eigenvalue weighted by molar-refractivity contribution is 5.99. The number of nitrogen functional groups attached to an aromatic ring is 1. The number of amides is 1. The number of hydrogen-bond acceptors (Lipinski definition) is 4. The van der Waals surface area contributed by atoms with Crippen LogP contribution in [-0.4, -0.2) is 40.6 Å². The van der Waals surface area contributed by atoms with Crippen LogP contribution in [0.3, 0.4) is 0 Å². The zero-order valence-electron chi connectivity index (χ0n) is 11.7. The Morgan fingerprint density at radius 2 is 2.15 bits per heavy atom. The van der Waals surface area contributed by atoms with Crippen LogP contribution in [0.5, 0.6) is 0 Å². The number of pyridine rings is 1. The van der Waals surface area contributed by atoms with Gasteiger partial charge in [0.25, 0.3) is 5.91 Å². The van der Waals surface area contributed by atoms with Gasteiger partial charge in [0.1, 0.15) is 11.5 Å². The van der Waals surface area contributed by atoms with Gasteiger partial charge in [-0.3, -0.25) is 4.79 Å². The van der Waals surface area contributed by atoms with Crippen molar-refractivity contribution in [1.29, 1.82) is 0 Å². The van der Waals surface area contributed by atoms with Crippen molar-refractivity contribution < 1.29 is 9.90 Å². The first-order chi connectivity index (χ1) is 9.49. The van der Waals surface area contributed by atoms with Crippen molar-refractivity contribution >= 4 is 22.5 Å². The summed E-state index contributed by atoms with van der Waals surface area (Å²) in [5.74, 6) is 0.165. The monoisotopic (exact) mass is 273 g/mol. The van der Waals surface area contributed by atoms with Crippen LogP contribution in [0.4, 0.5) is 5.82 Å². The first-order valence-electron chi connectivity index (χ1n) is 6.58. The molecule has 1 aromatic carbocycles. The molecule has 0 bridgehead atoms. The van der Waals surface area contributed by atoms with Gasteiger partial charge in [0.2, 0.25) is 0 Å². The Morgan fingerprint density at radius 1 is 1.45 bits per heavy atom. The number of nitrogens with two attached hydrogens (primary N) is 1. The molecule has 106 valence electrons. The highest BCUT2D eigenvalue weighted by Crippen LogP contribution is 2.20. The van der Waals surface area contributed by atoms with Gasteiger partial charge >= 0.3 is 0 Å². The van der Waals surface area contributed by atoms with Gasteiger partial charge in [-0.25, -0.2) is 4.98 Å². The highest BCUT2D eigenvalue weighted by Gasteiger charge is 2.15. The topological polar surface area (TPSA) is 79.5 Å². The molecule has 0 aliphatic carbocycles. The van der Waals surface area contributed by atoms with Crippen LogP contribution in [0, 0.1) is 0 Å². The predicted molar refractivity (Wildman–Crippen MR) is 79.4 cm³/mol. The average Bonchev–Trinajstić information content (AvgIpc) is 2.43. The summed E-state index contributed by atoms with van der Waals surface area (Å²) in [6.45, 7) is 2.18. The van der Waals surface area contributed by atoms with E-state index in [1.165, 1.54) is 0 Å². The number of carbonyl (C=O) groups is 1. The molecule has 2 aromatic rings. The normalized spacial score (nSPS) is 12.3. The number of benzene rings is 1. The molecule has 5 nitrogen and oxygen atoms in total. The van der Waals surface area contributed by atoms with E-state index < -0.39 is 6.10 Å². The minimum absolute atomic E-state index is 0.192. The number of carbonyl (C=O) groups excluding carboxylic acids is 1. The standard InChI is InChI=1S/C15H19N3O2/c1-10(19)7-8-18(2)15(20)13-9-11-5-3-4-6-12(11)14(16)17-13/h3-6,9-10,19H,7-8H2,1-2H3,(H2,16,17). The maximum atomic E-state index is 12.3. The van der Waals surface area contributed by atoms with Gasteiger partial charge in [0.15, 0.2) is 0 Å². The molecule has 0 aliphatic heterocycles. The fourth-order valence-electron chi connectivity index (χ4n) is 2.01. The molecule has 1 aromatic heterocycles. The minimum atomic E-state index is -0.431. The molecular formula is C15H19N3O2. The predicted octanol–water partition coefficient (Wildman–Crippen LogP) is 1.66. The number of aliphatic hydroxyl groups is 1. The summed E-state index contributed by atoms with van der Waals surface area (Å²) in [6.07, 6.45) is 0.102. The molecule has 1 amide bonds. The number of hydrogen-bond donors (Lipinski definition) is 2. The number of aromatic nitrogens is 1. The van der Waals surface area contributed by atoms with Crippen LogP contribution in [0.2, 0.25) is 0 Å². The summed E-state index contributed by atoms with van der Waals surface area (Å²) in [5, 5.41) is 11.0. The Hall–Kier alpha value is -2.14. The van der Waals surface area contributed by atoms with Crippen molar-refractivity contribution in [2.45, 2.75) is 19.4 Å². The molecule has 0 fully saturated rings. The van der Waals surface area contributed by atoms with Gasteiger partial charge in [-0.05, 0) is 24.8 Å². The van der Waals surface area contributed by atoms with Crippen LogP contribution >= 0.6 is 0 Å². The number of aliphatic hydroxyl groups excluding tert-OH is 1. The molecule has 0 saturated carbocycles. The van der Waals surface area contributed by atoms with Crippen LogP contribution in [-0.2, 0) is 0 Å². The molecule has 1 atom stereocenters. The van der Waals surface area contributed by atoms with Crippen molar-refractivity contribution in [3.05, 3.63) is 36.0 Å². The second kappa shape index (κ2) is 5.88. The number of fused-ring (bicyclic) bond motifs is 1. The summed E-state index contributed by atoms with van der Waals surface area (Å²) in [4.78, 5) is 18.0. The maximum absolute atomic E-state index is 12.3. The molecule has 0 saturated heterocycles. The third kappa shape index (κ3) is 3.05. The zero-order chi connectivity index (χ0) is 14.7. The van der Waals surface area contributed by atoms with Crippen molar-refractivity contribution in [1.82, 2.24) is 9.88 Å². The quantitative estimate of drug-likeness (QED) is 0.888. The van der Waals surface area contributed by atoms with Gasteiger partial charge in [-0.1, -0.05) is 24.3 Å². The third-order valence-corrected chi connectivity index (χ3v) is 3.22. The SMILES string of the molecule is CC(O)CCN(C)C(=O)c1cc2ccccc2c(N)n1. The molecule has 3 N–H and O–H groups in total. The number of rotatable bonds is 4. The Balaban J connectivity index is 2.26. The lowest BCUT2D eigenvalue weighted by Gasteiger charge is -2.18. The lowest BCUT2D eigenvalue weighted by Crippen LogP contribution is -2.30. The van der Waals surface area contributed by atoms with E-state index in [1.54, 1.807) is 24.9 Å². The molecule has 0 radical (unpaired) electrons. The summed E-state index contributed by atoms with van der Waals surface area (Å²) in [6, 6.07) is 9.31. The Bertz CT molecular complexity index is 626. The number of nitrogens with zero attached hydrogens (tertiary/aromatic N) is 2. The second-order valence-electron chi connectivity index (χ2n) is 4.98. The largest absolute Gasteiger partial charge is 0.393 e. The van der Waals surface area contributed by atoms with E-state index in [0.29, 0.717) is 24.5 Å².